The molecule has 436 valence electrons. The van der Waals surface area contributed by atoms with Crippen molar-refractivity contribution in [3.8, 4) is 22.9 Å². The summed E-state index contributed by atoms with van der Waals surface area (Å²) >= 11 is 0. The molecule has 0 atom stereocenters. The van der Waals surface area contributed by atoms with Gasteiger partial charge in [-0.2, -0.15) is 9.13 Å². The number of hydrogen-bond donors (Lipinski definition) is 4. The van der Waals surface area contributed by atoms with E-state index in [2.05, 4.69) is 256 Å². The number of para-hydroxylation sites is 2. The van der Waals surface area contributed by atoms with E-state index in [-0.39, 0.29) is 17.5 Å². The third-order valence-electron chi connectivity index (χ3n) is 16.3. The van der Waals surface area contributed by atoms with E-state index in [0.717, 1.165) is 0 Å². The van der Waals surface area contributed by atoms with E-state index in [1.54, 1.807) is 48.5 Å². The van der Waals surface area contributed by atoms with E-state index in [4.69, 9.17) is 0 Å². The number of aromatic carboxylic acids is 2. The number of aromatic nitrogens is 4. The first-order valence-corrected chi connectivity index (χ1v) is 28.8. The zero-order valence-corrected chi connectivity index (χ0v) is 50.8. The number of anilines is 2. The van der Waals surface area contributed by atoms with Crippen LogP contribution in [-0.2, 0) is 20.5 Å². The molecule has 0 fully saturated rings. The normalized spacial score (nSPS) is 11.3. The van der Waals surface area contributed by atoms with Crippen molar-refractivity contribution in [2.24, 2.45) is 14.1 Å². The van der Waals surface area contributed by atoms with E-state index in [1.807, 2.05) is 0 Å². The molecule has 4 heterocycles. The van der Waals surface area contributed by atoms with E-state index in [1.165, 1.54) is 102 Å². The second-order valence-corrected chi connectivity index (χ2v) is 22.3. The van der Waals surface area contributed by atoms with Crippen LogP contribution in [-0.4, -0.2) is 69.7 Å². The van der Waals surface area contributed by atoms with Gasteiger partial charge in [-0.05, 0) is 157 Å². The largest absolute Gasteiger partial charge is 0.507 e. The monoisotopic (exact) mass is 1150 g/mol. The van der Waals surface area contributed by atoms with Crippen LogP contribution in [0.15, 0.2) is 194 Å². The van der Waals surface area contributed by atoms with Crippen LogP contribution >= 0.6 is 0 Å². The van der Waals surface area contributed by atoms with Gasteiger partial charge in [0.15, 0.2) is 0 Å². The number of aromatic hydroxyl groups is 2. The highest BCUT2D eigenvalue weighted by molar-refractivity contribution is 6.02. The first-order chi connectivity index (χ1) is 41.8. The Balaban J connectivity index is 0.000000144. The van der Waals surface area contributed by atoms with Crippen LogP contribution in [0.3, 0.4) is 0 Å². The summed E-state index contributed by atoms with van der Waals surface area (Å²) in [5.41, 5.74) is 17.3. The zero-order valence-electron chi connectivity index (χ0n) is 50.8. The number of benzene rings is 8. The fraction of sp³-hybridized carbons (Fsp3) is 0.147. The van der Waals surface area contributed by atoms with Crippen LogP contribution in [0.1, 0.15) is 77.1 Å². The van der Waals surface area contributed by atoms with Gasteiger partial charge >= 0.3 is 11.9 Å². The average Bonchev–Trinajstić information content (AvgIpc) is 2.03. The van der Waals surface area contributed by atoms with Crippen LogP contribution in [0, 0.1) is 27.7 Å². The molecule has 12 aromatic rings. The molecular formula is C75H72N6O6+2. The minimum atomic E-state index is -1.28. The van der Waals surface area contributed by atoms with Crippen LogP contribution in [0.4, 0.5) is 11.4 Å². The van der Waals surface area contributed by atoms with Crippen molar-refractivity contribution in [1.29, 1.82) is 0 Å². The number of phenols is 2. The second kappa shape index (κ2) is 25.2. The predicted octanol–water partition coefficient (Wildman–Crippen LogP) is 15.0. The average molecular weight is 1150 g/mol. The summed E-state index contributed by atoms with van der Waals surface area (Å²) in [5, 5.41) is 45.3. The number of carbonyl (C=O) groups is 2. The summed E-state index contributed by atoms with van der Waals surface area (Å²) in [5.74, 6) is -3.36. The molecule has 0 saturated heterocycles. The Morgan fingerprint density at radius 1 is 0.437 bits per heavy atom. The Bertz CT molecular complexity index is 4360. The molecule has 8 aromatic carbocycles. The van der Waals surface area contributed by atoms with Crippen LogP contribution in [0.25, 0.3) is 79.0 Å². The van der Waals surface area contributed by atoms with E-state index >= 15 is 0 Å². The predicted molar refractivity (Wildman–Crippen MR) is 355 cm³/mol. The lowest BCUT2D eigenvalue weighted by Crippen LogP contribution is -2.32. The van der Waals surface area contributed by atoms with Crippen LogP contribution in [0.2, 0.25) is 0 Å². The molecule has 87 heavy (non-hydrogen) atoms. The lowest BCUT2D eigenvalue weighted by atomic mass is 9.90. The highest BCUT2D eigenvalue weighted by Crippen LogP contribution is 2.39. The topological polar surface area (TPSA) is 139 Å². The molecule has 0 aliphatic heterocycles. The van der Waals surface area contributed by atoms with Crippen molar-refractivity contribution in [3.05, 3.63) is 262 Å². The third-order valence-corrected chi connectivity index (χ3v) is 16.3. The molecule has 0 unspecified atom stereocenters. The van der Waals surface area contributed by atoms with Gasteiger partial charge in [0.1, 0.15) is 36.7 Å². The van der Waals surface area contributed by atoms with Crippen molar-refractivity contribution in [2.75, 3.05) is 38.0 Å². The molecule has 0 radical (unpaired) electrons. The van der Waals surface area contributed by atoms with Gasteiger partial charge in [0, 0.05) is 138 Å². The minimum absolute atomic E-state index is 0.0407. The highest BCUT2D eigenvalue weighted by atomic mass is 16.4. The number of carboxylic acid groups (broad SMARTS) is 2. The van der Waals surface area contributed by atoms with Crippen molar-refractivity contribution >= 4 is 91.0 Å². The Morgan fingerprint density at radius 3 is 1.17 bits per heavy atom. The number of fused-ring (bicyclic) bond motifs is 4. The fourth-order valence-corrected chi connectivity index (χ4v) is 11.6. The molecule has 0 bridgehead atoms. The molecular weight excluding hydrogens is 1080 g/mol. The maximum Gasteiger partial charge on any atom is 0.339 e. The van der Waals surface area contributed by atoms with E-state index in [9.17, 15) is 30.0 Å². The molecule has 12 rings (SSSR count). The SMILES string of the molecule is Cc1cc(/C=C/c2ccc3cc(N(C)C)ccc3[n+]2C)c(C)n1-c1ccccc1.Cc1cc(/C=C/c2ccc3cc(N(C)C)ccc3[n+]2C)c(C)n1-c1ccccc1.O=C(O)c1cc2ccccc2c(Cc2c(O)c(C(=O)O)cc3ccccc23)c1O. The molecule has 12 heteroatoms. The summed E-state index contributed by atoms with van der Waals surface area (Å²) in [6, 6.07) is 64.3. The third kappa shape index (κ3) is 12.3. The van der Waals surface area contributed by atoms with Crippen molar-refractivity contribution < 1.29 is 39.1 Å². The summed E-state index contributed by atoms with van der Waals surface area (Å²) in [6.45, 7) is 8.69. The number of carboxylic acids is 2. The molecule has 0 aliphatic rings. The first-order valence-electron chi connectivity index (χ1n) is 28.8. The van der Waals surface area contributed by atoms with E-state index < -0.39 is 23.4 Å². The van der Waals surface area contributed by atoms with E-state index in [0.29, 0.717) is 32.7 Å². The Kier molecular flexibility index (Phi) is 17.2. The summed E-state index contributed by atoms with van der Waals surface area (Å²) < 4.78 is 9.12. The molecule has 0 amide bonds. The van der Waals surface area contributed by atoms with Crippen molar-refractivity contribution in [2.45, 2.75) is 34.1 Å². The Hall–Kier alpha value is -10.7. The molecule has 4 N–H and O–H groups in total. The van der Waals surface area contributed by atoms with Gasteiger partial charge in [-0.1, -0.05) is 84.9 Å². The summed E-state index contributed by atoms with van der Waals surface area (Å²) in [6.07, 6.45) is 8.81. The van der Waals surface area contributed by atoms with Crippen LogP contribution in [0.5, 0.6) is 11.5 Å². The smallest absolute Gasteiger partial charge is 0.339 e. The van der Waals surface area contributed by atoms with Gasteiger partial charge in [-0.3, -0.25) is 0 Å². The highest BCUT2D eigenvalue weighted by Gasteiger charge is 2.23. The summed E-state index contributed by atoms with van der Waals surface area (Å²) in [4.78, 5) is 27.5. The lowest BCUT2D eigenvalue weighted by Gasteiger charge is -2.16. The number of hydrogen-bond acceptors (Lipinski definition) is 6. The number of pyridine rings is 2. The molecule has 0 saturated carbocycles. The van der Waals surface area contributed by atoms with Gasteiger partial charge in [0.2, 0.25) is 22.4 Å². The van der Waals surface area contributed by atoms with Gasteiger partial charge < -0.3 is 39.4 Å². The van der Waals surface area contributed by atoms with Gasteiger partial charge in [0.25, 0.3) is 0 Å². The second-order valence-electron chi connectivity index (χ2n) is 22.3. The van der Waals surface area contributed by atoms with Gasteiger partial charge in [-0.25, -0.2) is 9.59 Å². The number of aryl methyl sites for hydroxylation is 4. The molecule has 12 nitrogen and oxygen atoms in total. The maximum atomic E-state index is 11.6. The first kappa shape index (κ1) is 59.4. The zero-order chi connectivity index (χ0) is 61.8. The summed E-state index contributed by atoms with van der Waals surface area (Å²) in [7, 11) is 12.6. The van der Waals surface area contributed by atoms with Gasteiger partial charge in [-0.15, -0.1) is 0 Å². The molecule has 0 aliphatic carbocycles. The number of nitrogens with zero attached hydrogens (tertiary/aromatic N) is 6. The van der Waals surface area contributed by atoms with Crippen molar-refractivity contribution in [3.63, 3.8) is 0 Å². The maximum absolute atomic E-state index is 11.6. The Labute approximate surface area is 507 Å². The standard InChI is InChI=1S/2C26H28N3.C23H16O6/c2*1-19-17-21(20(2)29(19)24-9-7-6-8-10-24)11-13-23-14-12-22-18-25(27(3)4)15-16-26(22)28(23)5;24-20-16(14-7-3-1-5-12(14)9-18(20)22(26)27)11-17-15-8-4-2-6-13(15)10-19(21(17)25)23(28)29/h2*6-18H,1-5H3;1-10,24-25H,11H2,(H,26,27)(H,28,29)/q2*+1;. The van der Waals surface area contributed by atoms with Crippen LogP contribution < -0.4 is 18.9 Å². The number of rotatable bonds is 12. The quantitative estimate of drug-likeness (QED) is 0.0887. The molecule has 4 aromatic heterocycles. The fourth-order valence-electron chi connectivity index (χ4n) is 11.6. The van der Waals surface area contributed by atoms with Gasteiger partial charge in [0.05, 0.1) is 0 Å². The van der Waals surface area contributed by atoms with Crippen molar-refractivity contribution in [1.82, 2.24) is 9.13 Å². The lowest BCUT2D eigenvalue weighted by molar-refractivity contribution is -0.646. The Morgan fingerprint density at radius 2 is 0.805 bits per heavy atom. The minimum Gasteiger partial charge on any atom is -0.507 e. The molecule has 0 spiro atoms.